The first-order valence-electron chi connectivity index (χ1n) is 11.7. The molecule has 0 atom stereocenters. The third kappa shape index (κ3) is 4.71. The van der Waals surface area contributed by atoms with E-state index >= 15 is 0 Å². The second-order valence-corrected chi connectivity index (χ2v) is 10.8. The number of thioether (sulfide) groups is 1. The molecule has 1 aliphatic heterocycles. The van der Waals surface area contributed by atoms with Crippen LogP contribution in [0.3, 0.4) is 0 Å². The molecule has 3 aromatic carbocycles. The van der Waals surface area contributed by atoms with Crippen molar-refractivity contribution in [3.63, 3.8) is 0 Å². The Morgan fingerprint density at radius 3 is 2.42 bits per heavy atom. The number of benzene rings is 3. The van der Waals surface area contributed by atoms with Gasteiger partial charge in [-0.25, -0.2) is 4.99 Å². The maximum atomic E-state index is 13.5. The highest BCUT2D eigenvalue weighted by Crippen LogP contribution is 2.38. The van der Waals surface area contributed by atoms with Gasteiger partial charge in [0.2, 0.25) is 0 Å². The van der Waals surface area contributed by atoms with E-state index in [0.29, 0.717) is 26.7 Å². The van der Waals surface area contributed by atoms with Gasteiger partial charge in [0.15, 0.2) is 5.17 Å². The van der Waals surface area contributed by atoms with Crippen LogP contribution >= 0.6 is 35.0 Å². The minimum Gasteiger partial charge on any atom is -0.340 e. The van der Waals surface area contributed by atoms with Gasteiger partial charge in [0.25, 0.3) is 5.91 Å². The zero-order chi connectivity index (χ0) is 25.4. The van der Waals surface area contributed by atoms with Gasteiger partial charge in [0, 0.05) is 34.7 Å². The fourth-order valence-electron chi connectivity index (χ4n) is 4.43. The zero-order valence-electron chi connectivity index (χ0n) is 20.2. The minimum atomic E-state index is -0.0228. The van der Waals surface area contributed by atoms with Crippen LogP contribution in [-0.4, -0.2) is 26.6 Å². The summed E-state index contributed by atoms with van der Waals surface area (Å²) >= 11 is 13.8. The first-order valence-corrected chi connectivity index (χ1v) is 13.3. The summed E-state index contributed by atoms with van der Waals surface area (Å²) in [6.07, 6.45) is 2.01. The first kappa shape index (κ1) is 24.7. The van der Waals surface area contributed by atoms with E-state index < -0.39 is 0 Å². The lowest BCUT2D eigenvalue weighted by Crippen LogP contribution is -2.35. The van der Waals surface area contributed by atoms with E-state index in [0.717, 1.165) is 33.4 Å². The number of halogens is 2. The lowest BCUT2D eigenvalue weighted by Gasteiger charge is -2.19. The topological polar surface area (TPSA) is 37.6 Å². The Balaban J connectivity index is 1.58. The molecule has 0 saturated carbocycles. The van der Waals surface area contributed by atoms with Crippen LogP contribution in [0.4, 0.5) is 5.69 Å². The first-order chi connectivity index (χ1) is 17.3. The summed E-state index contributed by atoms with van der Waals surface area (Å²) in [6, 6.07) is 23.7. The molecular weight excluding hydrogens is 509 g/mol. The van der Waals surface area contributed by atoms with Gasteiger partial charge in [-0.3, -0.25) is 9.69 Å². The van der Waals surface area contributed by atoms with Crippen LogP contribution in [0.15, 0.2) is 82.7 Å². The monoisotopic (exact) mass is 533 g/mol. The third-order valence-corrected chi connectivity index (χ3v) is 7.94. The van der Waals surface area contributed by atoms with Crippen LogP contribution in [0.1, 0.15) is 30.7 Å². The van der Waals surface area contributed by atoms with Crippen molar-refractivity contribution in [3.05, 3.63) is 105 Å². The van der Waals surface area contributed by atoms with E-state index in [9.17, 15) is 4.79 Å². The van der Waals surface area contributed by atoms with E-state index in [-0.39, 0.29) is 11.9 Å². The van der Waals surface area contributed by atoms with E-state index in [1.165, 1.54) is 11.8 Å². The number of rotatable bonds is 5. The van der Waals surface area contributed by atoms with Crippen LogP contribution in [0.25, 0.3) is 17.0 Å². The number of amides is 1. The average Bonchev–Trinajstić information content (AvgIpc) is 3.31. The zero-order valence-corrected chi connectivity index (χ0v) is 22.5. The van der Waals surface area contributed by atoms with Gasteiger partial charge < -0.3 is 4.57 Å². The van der Waals surface area contributed by atoms with Gasteiger partial charge >= 0.3 is 0 Å². The second-order valence-electron chi connectivity index (χ2n) is 8.96. The average molecular weight is 535 g/mol. The predicted octanol–water partition coefficient (Wildman–Crippen LogP) is 8.32. The summed E-state index contributed by atoms with van der Waals surface area (Å²) in [5.41, 5.74) is 5.09. The maximum Gasteiger partial charge on any atom is 0.266 e. The highest BCUT2D eigenvalue weighted by atomic mass is 35.5. The maximum absolute atomic E-state index is 13.5. The number of nitrogens with zero attached hydrogens (tertiary/aromatic N) is 3. The molecule has 7 heteroatoms. The number of hydrogen-bond acceptors (Lipinski definition) is 3. The molecule has 0 bridgehead atoms. The number of para-hydroxylation sites is 2. The van der Waals surface area contributed by atoms with E-state index in [1.54, 1.807) is 4.90 Å². The van der Waals surface area contributed by atoms with Crippen LogP contribution < -0.4 is 0 Å². The molecule has 2 heterocycles. The van der Waals surface area contributed by atoms with Gasteiger partial charge in [-0.15, -0.1) is 0 Å². The van der Waals surface area contributed by atoms with E-state index in [1.807, 2.05) is 80.6 Å². The Bertz CT molecular complexity index is 1520. The SMILES string of the molecule is Cc1c(/C=C2/SC(=Nc3ccccc3)N(C(C)C)C2=O)c2ccccc2n1Cc1ccc(Cl)c(Cl)c1. The van der Waals surface area contributed by atoms with Crippen molar-refractivity contribution in [1.29, 1.82) is 0 Å². The third-order valence-electron chi connectivity index (χ3n) is 6.21. The number of carbonyl (C=O) groups excluding carboxylic acids is 1. The van der Waals surface area contributed by atoms with E-state index in [2.05, 4.69) is 23.6 Å². The number of aromatic nitrogens is 1. The molecular formula is C29H25Cl2N3OS. The fourth-order valence-corrected chi connectivity index (χ4v) is 5.85. The van der Waals surface area contributed by atoms with Crippen LogP contribution in [0.2, 0.25) is 10.0 Å². The lowest BCUT2D eigenvalue weighted by atomic mass is 10.1. The van der Waals surface area contributed by atoms with E-state index in [4.69, 9.17) is 28.2 Å². The Labute approximate surface area is 225 Å². The molecule has 0 aliphatic carbocycles. The van der Waals surface area contributed by atoms with Crippen LogP contribution in [0.5, 0.6) is 0 Å². The molecule has 0 N–H and O–H groups in total. The standard InChI is InChI=1S/C29H25Cl2N3OS/c1-18(2)34-28(35)27(36-29(34)32-21-9-5-4-6-10-21)16-23-19(3)33(26-12-8-7-11-22(23)26)17-20-13-14-24(30)25(31)15-20/h4-16,18H,17H2,1-3H3/b27-16+,32-29?. The molecule has 5 rings (SSSR count). The molecule has 0 radical (unpaired) electrons. The molecule has 4 aromatic rings. The summed E-state index contributed by atoms with van der Waals surface area (Å²) in [5, 5.41) is 2.88. The Morgan fingerprint density at radius 1 is 0.972 bits per heavy atom. The molecule has 36 heavy (non-hydrogen) atoms. The van der Waals surface area contributed by atoms with Crippen LogP contribution in [0, 0.1) is 6.92 Å². The molecule has 1 aromatic heterocycles. The Morgan fingerprint density at radius 2 is 1.69 bits per heavy atom. The Kier molecular flexibility index (Phi) is 6.98. The number of aliphatic imine (C=N–C) groups is 1. The van der Waals surface area contributed by atoms with Crippen molar-refractivity contribution in [2.24, 2.45) is 4.99 Å². The van der Waals surface area contributed by atoms with Gasteiger partial charge in [-0.1, -0.05) is 65.7 Å². The smallest absolute Gasteiger partial charge is 0.266 e. The van der Waals surface area contributed by atoms with Crippen molar-refractivity contribution in [2.75, 3.05) is 0 Å². The highest BCUT2D eigenvalue weighted by Gasteiger charge is 2.35. The van der Waals surface area contributed by atoms with Gasteiger partial charge in [-0.2, -0.15) is 0 Å². The summed E-state index contributed by atoms with van der Waals surface area (Å²) in [7, 11) is 0. The molecule has 182 valence electrons. The van der Waals surface area contributed by atoms with Crippen molar-refractivity contribution >= 4 is 68.7 Å². The fraction of sp³-hybridized carbons (Fsp3) is 0.172. The predicted molar refractivity (Wildman–Crippen MR) is 153 cm³/mol. The van der Waals surface area contributed by atoms with Crippen molar-refractivity contribution in [1.82, 2.24) is 9.47 Å². The molecule has 1 aliphatic rings. The molecule has 1 fully saturated rings. The van der Waals surface area contributed by atoms with Gasteiger partial charge in [0.1, 0.15) is 0 Å². The summed E-state index contributed by atoms with van der Waals surface area (Å²) in [6.45, 7) is 6.76. The lowest BCUT2D eigenvalue weighted by molar-refractivity contribution is -0.123. The minimum absolute atomic E-state index is 0.00421. The number of carbonyl (C=O) groups is 1. The van der Waals surface area contributed by atoms with Crippen molar-refractivity contribution < 1.29 is 4.79 Å². The second kappa shape index (κ2) is 10.2. The summed E-state index contributed by atoms with van der Waals surface area (Å²) in [5.74, 6) is -0.0228. The van der Waals surface area contributed by atoms with Crippen molar-refractivity contribution in [3.8, 4) is 0 Å². The quantitative estimate of drug-likeness (QED) is 0.242. The molecule has 0 unspecified atom stereocenters. The van der Waals surface area contributed by atoms with Gasteiger partial charge in [0.05, 0.1) is 20.6 Å². The summed E-state index contributed by atoms with van der Waals surface area (Å²) < 4.78 is 2.25. The highest BCUT2D eigenvalue weighted by molar-refractivity contribution is 8.18. The molecule has 4 nitrogen and oxygen atoms in total. The van der Waals surface area contributed by atoms with Crippen LogP contribution in [-0.2, 0) is 11.3 Å². The largest absolute Gasteiger partial charge is 0.340 e. The molecule has 1 amide bonds. The number of amidine groups is 1. The van der Waals surface area contributed by atoms with Gasteiger partial charge in [-0.05, 0) is 74.5 Å². The molecule has 1 saturated heterocycles. The normalized spacial score (nSPS) is 16.3. The van der Waals surface area contributed by atoms with Crippen molar-refractivity contribution in [2.45, 2.75) is 33.4 Å². The summed E-state index contributed by atoms with van der Waals surface area (Å²) in [4.78, 5) is 20.7. The number of hydrogen-bond donors (Lipinski definition) is 0. The Hall–Kier alpha value is -2.99. The number of fused-ring (bicyclic) bond motifs is 1. The molecule has 0 spiro atoms.